The first kappa shape index (κ1) is 17.5. The molecule has 1 amide bonds. The van der Waals surface area contributed by atoms with Gasteiger partial charge in [-0.25, -0.2) is 4.79 Å². The number of carbonyl (C=O) groups is 2. The van der Waals surface area contributed by atoms with Gasteiger partial charge in [0.15, 0.2) is 6.61 Å². The maximum absolute atomic E-state index is 12.0. The Bertz CT molecular complexity index is 538. The van der Waals surface area contributed by atoms with E-state index in [9.17, 15) is 9.59 Å². The number of hydrogen-bond donors (Lipinski definition) is 1. The summed E-state index contributed by atoms with van der Waals surface area (Å²) in [7, 11) is 0. The summed E-state index contributed by atoms with van der Waals surface area (Å²) in [6, 6.07) is 7.48. The smallest absolute Gasteiger partial charge is 0.338 e. The molecule has 0 unspecified atom stereocenters. The highest BCUT2D eigenvalue weighted by atomic mass is 16.5. The summed E-state index contributed by atoms with van der Waals surface area (Å²) >= 11 is 0. The molecule has 0 bridgehead atoms. The molecule has 23 heavy (non-hydrogen) atoms. The summed E-state index contributed by atoms with van der Waals surface area (Å²) < 4.78 is 5.12. The lowest BCUT2D eigenvalue weighted by Crippen LogP contribution is -2.45. The van der Waals surface area contributed by atoms with Gasteiger partial charge in [-0.15, -0.1) is 0 Å². The monoisotopic (exact) mass is 317 g/mol. The van der Waals surface area contributed by atoms with E-state index in [1.165, 1.54) is 12.0 Å². The molecule has 0 aliphatic heterocycles. The molecule has 4 heteroatoms. The number of rotatable bonds is 5. The Hall–Kier alpha value is -1.84. The van der Waals surface area contributed by atoms with Crippen molar-refractivity contribution in [3.05, 3.63) is 35.4 Å². The molecule has 0 heterocycles. The van der Waals surface area contributed by atoms with Gasteiger partial charge in [0.2, 0.25) is 0 Å². The first-order valence-corrected chi connectivity index (χ1v) is 8.56. The van der Waals surface area contributed by atoms with Gasteiger partial charge in [-0.05, 0) is 42.4 Å². The summed E-state index contributed by atoms with van der Waals surface area (Å²) in [4.78, 5) is 24.0. The van der Waals surface area contributed by atoms with Crippen LogP contribution in [-0.4, -0.2) is 24.5 Å². The van der Waals surface area contributed by atoms with Crippen LogP contribution in [0.25, 0.3) is 0 Å². The second-order valence-corrected chi connectivity index (χ2v) is 6.57. The predicted molar refractivity (Wildman–Crippen MR) is 90.2 cm³/mol. The highest BCUT2D eigenvalue weighted by molar-refractivity contribution is 5.91. The van der Waals surface area contributed by atoms with Crippen molar-refractivity contribution in [1.82, 2.24) is 5.32 Å². The van der Waals surface area contributed by atoms with Crippen LogP contribution in [0, 0.1) is 11.8 Å². The van der Waals surface area contributed by atoms with Crippen molar-refractivity contribution in [3.8, 4) is 0 Å². The Morgan fingerprint density at radius 1 is 1.17 bits per heavy atom. The number of hydrogen-bond acceptors (Lipinski definition) is 3. The van der Waals surface area contributed by atoms with Crippen molar-refractivity contribution in [2.75, 3.05) is 6.61 Å². The van der Waals surface area contributed by atoms with Crippen LogP contribution in [0.5, 0.6) is 0 Å². The fraction of sp³-hybridized carbons (Fsp3) is 0.579. The fourth-order valence-corrected chi connectivity index (χ4v) is 3.13. The van der Waals surface area contributed by atoms with E-state index in [4.69, 9.17) is 4.74 Å². The van der Waals surface area contributed by atoms with Gasteiger partial charge in [0.1, 0.15) is 0 Å². The number of esters is 1. The van der Waals surface area contributed by atoms with Gasteiger partial charge < -0.3 is 10.1 Å². The lowest BCUT2D eigenvalue weighted by atomic mass is 9.78. The topological polar surface area (TPSA) is 55.4 Å². The lowest BCUT2D eigenvalue weighted by molar-refractivity contribution is -0.125. The van der Waals surface area contributed by atoms with Gasteiger partial charge in [0.25, 0.3) is 5.91 Å². The summed E-state index contributed by atoms with van der Waals surface area (Å²) in [5, 5.41) is 3.01. The molecule has 1 N–H and O–H groups in total. The van der Waals surface area contributed by atoms with Gasteiger partial charge >= 0.3 is 5.97 Å². The molecule has 3 atom stereocenters. The van der Waals surface area contributed by atoms with E-state index in [1.54, 1.807) is 12.1 Å². The third-order valence-corrected chi connectivity index (χ3v) is 4.99. The molecule has 1 saturated carbocycles. The Kier molecular flexibility index (Phi) is 6.20. The van der Waals surface area contributed by atoms with E-state index in [0.29, 0.717) is 17.4 Å². The van der Waals surface area contributed by atoms with Gasteiger partial charge in [-0.2, -0.15) is 0 Å². The van der Waals surface area contributed by atoms with E-state index in [2.05, 4.69) is 26.1 Å². The molecule has 0 aromatic heterocycles. The number of ether oxygens (including phenoxy) is 1. The minimum atomic E-state index is -0.451. The molecule has 1 fully saturated rings. The van der Waals surface area contributed by atoms with Gasteiger partial charge in [-0.1, -0.05) is 45.7 Å². The summed E-state index contributed by atoms with van der Waals surface area (Å²) in [6.45, 7) is 6.25. The minimum absolute atomic E-state index is 0.189. The van der Waals surface area contributed by atoms with Crippen molar-refractivity contribution in [2.24, 2.45) is 11.8 Å². The van der Waals surface area contributed by atoms with Crippen LogP contribution in [0.4, 0.5) is 0 Å². The highest BCUT2D eigenvalue weighted by Crippen LogP contribution is 2.29. The van der Waals surface area contributed by atoms with Crippen LogP contribution in [0.1, 0.15) is 56.0 Å². The largest absolute Gasteiger partial charge is 0.452 e. The predicted octanol–water partition coefficient (Wildman–Crippen LogP) is 3.35. The first-order valence-electron chi connectivity index (χ1n) is 8.56. The van der Waals surface area contributed by atoms with Gasteiger partial charge in [0.05, 0.1) is 5.56 Å². The molecule has 1 aliphatic rings. The van der Waals surface area contributed by atoms with Crippen LogP contribution in [-0.2, 0) is 16.0 Å². The highest BCUT2D eigenvalue weighted by Gasteiger charge is 2.28. The zero-order chi connectivity index (χ0) is 16.8. The molecular formula is C19H27NO3. The lowest BCUT2D eigenvalue weighted by Gasteiger charge is -2.34. The van der Waals surface area contributed by atoms with E-state index in [0.717, 1.165) is 19.3 Å². The zero-order valence-corrected chi connectivity index (χ0v) is 14.3. The summed E-state index contributed by atoms with van der Waals surface area (Å²) in [5.41, 5.74) is 1.65. The third kappa shape index (κ3) is 4.81. The van der Waals surface area contributed by atoms with Crippen molar-refractivity contribution in [3.63, 3.8) is 0 Å². The fourth-order valence-electron chi connectivity index (χ4n) is 3.13. The van der Waals surface area contributed by atoms with Crippen LogP contribution in [0.15, 0.2) is 24.3 Å². The van der Waals surface area contributed by atoms with E-state index < -0.39 is 5.97 Å². The van der Waals surface area contributed by atoms with E-state index in [1.807, 2.05) is 12.1 Å². The second kappa shape index (κ2) is 8.14. The Morgan fingerprint density at radius 2 is 1.87 bits per heavy atom. The average Bonchev–Trinajstić information content (AvgIpc) is 2.57. The van der Waals surface area contributed by atoms with Crippen LogP contribution >= 0.6 is 0 Å². The maximum Gasteiger partial charge on any atom is 0.338 e. The number of nitrogens with one attached hydrogen (secondary N) is 1. The molecule has 1 aromatic rings. The second-order valence-electron chi connectivity index (χ2n) is 6.57. The summed E-state index contributed by atoms with van der Waals surface area (Å²) in [6.07, 6.45) is 4.29. The van der Waals surface area contributed by atoms with Gasteiger partial charge in [0, 0.05) is 6.04 Å². The molecule has 1 aromatic carbocycles. The van der Waals surface area contributed by atoms with Crippen LogP contribution < -0.4 is 5.32 Å². The van der Waals surface area contributed by atoms with Crippen molar-refractivity contribution in [1.29, 1.82) is 0 Å². The molecule has 4 nitrogen and oxygen atoms in total. The van der Waals surface area contributed by atoms with E-state index >= 15 is 0 Å². The third-order valence-electron chi connectivity index (χ3n) is 4.99. The number of carbonyl (C=O) groups excluding carboxylic acids is 2. The molecule has 2 rings (SSSR count). The number of amides is 1. The molecular weight excluding hydrogens is 290 g/mol. The normalized spacial score (nSPS) is 24.0. The maximum atomic E-state index is 12.0. The van der Waals surface area contributed by atoms with Crippen LogP contribution in [0.3, 0.4) is 0 Å². The molecule has 0 spiro atoms. The van der Waals surface area contributed by atoms with Crippen LogP contribution in [0.2, 0.25) is 0 Å². The Labute approximate surface area is 138 Å². The molecule has 0 radical (unpaired) electrons. The SMILES string of the molecule is CCc1ccc(C(=O)OCC(=O)N[C@@H]2CCC[C@@H](C)[C@@H]2C)cc1. The van der Waals surface area contributed by atoms with Crippen molar-refractivity contribution >= 4 is 11.9 Å². The zero-order valence-electron chi connectivity index (χ0n) is 14.3. The van der Waals surface area contributed by atoms with Gasteiger partial charge in [-0.3, -0.25) is 4.79 Å². The Morgan fingerprint density at radius 3 is 2.52 bits per heavy atom. The quantitative estimate of drug-likeness (QED) is 0.847. The average molecular weight is 317 g/mol. The Balaban J connectivity index is 1.80. The standard InChI is InChI=1S/C19H27NO3/c1-4-15-8-10-16(11-9-15)19(22)23-12-18(21)20-17-7-5-6-13(2)14(17)3/h8-11,13-14,17H,4-7,12H2,1-3H3,(H,20,21)/t13-,14+,17-/m1/s1. The number of aryl methyl sites for hydroxylation is 1. The number of benzene rings is 1. The van der Waals surface area contributed by atoms with E-state index in [-0.39, 0.29) is 18.6 Å². The minimum Gasteiger partial charge on any atom is -0.452 e. The first-order chi connectivity index (χ1) is 11.0. The molecule has 1 aliphatic carbocycles. The van der Waals surface area contributed by atoms with Crippen molar-refractivity contribution < 1.29 is 14.3 Å². The summed E-state index contributed by atoms with van der Waals surface area (Å²) in [5.74, 6) is 0.418. The molecule has 0 saturated heterocycles. The molecule has 126 valence electrons. The van der Waals surface area contributed by atoms with Crippen molar-refractivity contribution in [2.45, 2.75) is 52.5 Å².